The van der Waals surface area contributed by atoms with Crippen molar-refractivity contribution in [1.82, 2.24) is 15.3 Å². The third kappa shape index (κ3) is 3.76. The van der Waals surface area contributed by atoms with Crippen LogP contribution in [0.15, 0.2) is 0 Å². The molecule has 0 aliphatic carbocycles. The topological polar surface area (TPSA) is 37.8 Å². The van der Waals surface area contributed by atoms with E-state index in [1.807, 2.05) is 0 Å². The molecule has 1 N–H and O–H groups in total. The molecule has 1 aromatic heterocycles. The molecule has 90 valence electrons. The SMILES string of the molecule is CSCc1nc(C)c(CNC(C)C)c(C)n1. The average molecular weight is 239 g/mol. The summed E-state index contributed by atoms with van der Waals surface area (Å²) in [5, 5.41) is 3.41. The highest BCUT2D eigenvalue weighted by atomic mass is 32.2. The first-order chi connectivity index (χ1) is 7.54. The monoisotopic (exact) mass is 239 g/mol. The maximum atomic E-state index is 4.53. The molecular formula is C12H21N3S. The molecule has 0 aliphatic heterocycles. The van der Waals surface area contributed by atoms with Crippen molar-refractivity contribution in [3.8, 4) is 0 Å². The van der Waals surface area contributed by atoms with E-state index in [1.54, 1.807) is 11.8 Å². The standard InChI is InChI=1S/C12H21N3S/c1-8(2)13-6-11-9(3)14-12(7-16-5)15-10(11)4/h8,13H,6-7H2,1-5H3. The van der Waals surface area contributed by atoms with Crippen molar-refractivity contribution in [3.63, 3.8) is 0 Å². The molecule has 4 heteroatoms. The van der Waals surface area contributed by atoms with Gasteiger partial charge in [-0.2, -0.15) is 11.8 Å². The van der Waals surface area contributed by atoms with Crippen LogP contribution in [0.4, 0.5) is 0 Å². The summed E-state index contributed by atoms with van der Waals surface area (Å²) >= 11 is 1.76. The maximum absolute atomic E-state index is 4.53. The van der Waals surface area contributed by atoms with Crippen LogP contribution < -0.4 is 5.32 Å². The molecular weight excluding hydrogens is 218 g/mol. The van der Waals surface area contributed by atoms with Crippen LogP contribution in [0.2, 0.25) is 0 Å². The molecule has 0 amide bonds. The Morgan fingerprint density at radius 3 is 2.19 bits per heavy atom. The maximum Gasteiger partial charge on any atom is 0.138 e. The van der Waals surface area contributed by atoms with E-state index in [-0.39, 0.29) is 0 Å². The minimum atomic E-state index is 0.490. The van der Waals surface area contributed by atoms with E-state index in [0.29, 0.717) is 6.04 Å². The first-order valence-electron chi connectivity index (χ1n) is 5.60. The van der Waals surface area contributed by atoms with Gasteiger partial charge in [0.2, 0.25) is 0 Å². The van der Waals surface area contributed by atoms with Crippen molar-refractivity contribution in [1.29, 1.82) is 0 Å². The van der Waals surface area contributed by atoms with Gasteiger partial charge in [0.1, 0.15) is 5.82 Å². The van der Waals surface area contributed by atoms with Crippen LogP contribution in [0.1, 0.15) is 36.6 Å². The van der Waals surface area contributed by atoms with Gasteiger partial charge in [-0.25, -0.2) is 9.97 Å². The largest absolute Gasteiger partial charge is 0.310 e. The zero-order valence-electron chi connectivity index (χ0n) is 10.8. The van der Waals surface area contributed by atoms with E-state index in [4.69, 9.17) is 0 Å². The molecule has 0 spiro atoms. The summed E-state index contributed by atoms with van der Waals surface area (Å²) in [5.74, 6) is 1.83. The van der Waals surface area contributed by atoms with E-state index >= 15 is 0 Å². The van der Waals surface area contributed by atoms with Gasteiger partial charge in [0.05, 0.1) is 5.75 Å². The van der Waals surface area contributed by atoms with Gasteiger partial charge in [-0.15, -0.1) is 0 Å². The molecule has 0 bridgehead atoms. The zero-order chi connectivity index (χ0) is 12.1. The number of nitrogens with one attached hydrogen (secondary N) is 1. The lowest BCUT2D eigenvalue weighted by Gasteiger charge is -2.13. The van der Waals surface area contributed by atoms with Gasteiger partial charge in [0.25, 0.3) is 0 Å². The van der Waals surface area contributed by atoms with Crippen molar-refractivity contribution in [2.45, 2.75) is 46.0 Å². The average Bonchev–Trinajstić information content (AvgIpc) is 2.16. The van der Waals surface area contributed by atoms with Gasteiger partial charge in [0, 0.05) is 29.5 Å². The first kappa shape index (κ1) is 13.5. The Bertz CT molecular complexity index is 327. The number of thioether (sulfide) groups is 1. The Balaban J connectivity index is 2.85. The molecule has 0 saturated carbocycles. The number of nitrogens with zero attached hydrogens (tertiary/aromatic N) is 2. The van der Waals surface area contributed by atoms with E-state index in [0.717, 1.165) is 29.5 Å². The number of hydrogen-bond donors (Lipinski definition) is 1. The Kier molecular flexibility index (Phi) is 5.22. The number of hydrogen-bond acceptors (Lipinski definition) is 4. The van der Waals surface area contributed by atoms with Gasteiger partial charge < -0.3 is 5.32 Å². The highest BCUT2D eigenvalue weighted by Gasteiger charge is 2.08. The second-order valence-corrected chi connectivity index (χ2v) is 5.12. The molecule has 0 fully saturated rings. The third-order valence-electron chi connectivity index (χ3n) is 2.43. The Morgan fingerprint density at radius 2 is 1.75 bits per heavy atom. The molecule has 0 radical (unpaired) electrons. The third-order valence-corrected chi connectivity index (χ3v) is 2.97. The summed E-state index contributed by atoms with van der Waals surface area (Å²) in [6.45, 7) is 9.28. The Labute approximate surface area is 102 Å². The lowest BCUT2D eigenvalue weighted by molar-refractivity contribution is 0.582. The number of aryl methyl sites for hydroxylation is 2. The predicted molar refractivity (Wildman–Crippen MR) is 70.7 cm³/mol. The molecule has 3 nitrogen and oxygen atoms in total. The summed E-state index contributed by atoms with van der Waals surface area (Å²) in [6.07, 6.45) is 2.07. The van der Waals surface area contributed by atoms with E-state index in [9.17, 15) is 0 Å². The van der Waals surface area contributed by atoms with Crippen LogP contribution in [0.5, 0.6) is 0 Å². The van der Waals surface area contributed by atoms with Crippen LogP contribution in [0.25, 0.3) is 0 Å². The van der Waals surface area contributed by atoms with Gasteiger partial charge in [0.15, 0.2) is 0 Å². The molecule has 1 heterocycles. The van der Waals surface area contributed by atoms with Crippen molar-refractivity contribution in [2.24, 2.45) is 0 Å². The zero-order valence-corrected chi connectivity index (χ0v) is 11.6. The highest BCUT2D eigenvalue weighted by Crippen LogP contribution is 2.12. The van der Waals surface area contributed by atoms with Crippen LogP contribution >= 0.6 is 11.8 Å². The van der Waals surface area contributed by atoms with Gasteiger partial charge in [-0.3, -0.25) is 0 Å². The van der Waals surface area contributed by atoms with Crippen molar-refractivity contribution in [2.75, 3.05) is 6.26 Å². The van der Waals surface area contributed by atoms with Gasteiger partial charge >= 0.3 is 0 Å². The summed E-state index contributed by atoms with van der Waals surface area (Å²) in [7, 11) is 0. The Morgan fingerprint density at radius 1 is 1.19 bits per heavy atom. The summed E-state index contributed by atoms with van der Waals surface area (Å²) < 4.78 is 0. The van der Waals surface area contributed by atoms with E-state index in [2.05, 4.69) is 49.2 Å². The minimum Gasteiger partial charge on any atom is -0.310 e. The second-order valence-electron chi connectivity index (χ2n) is 4.26. The van der Waals surface area contributed by atoms with Crippen LogP contribution in [-0.4, -0.2) is 22.3 Å². The van der Waals surface area contributed by atoms with E-state index in [1.165, 1.54) is 5.56 Å². The smallest absolute Gasteiger partial charge is 0.138 e. The van der Waals surface area contributed by atoms with Crippen molar-refractivity contribution in [3.05, 3.63) is 22.8 Å². The molecule has 16 heavy (non-hydrogen) atoms. The number of rotatable bonds is 5. The molecule has 0 aromatic carbocycles. The molecule has 0 saturated heterocycles. The predicted octanol–water partition coefficient (Wildman–Crippen LogP) is 2.45. The summed E-state index contributed by atoms with van der Waals surface area (Å²) in [6, 6.07) is 0.490. The normalized spacial score (nSPS) is 11.1. The van der Waals surface area contributed by atoms with Crippen LogP contribution in [0.3, 0.4) is 0 Å². The second kappa shape index (κ2) is 6.21. The molecule has 1 rings (SSSR count). The molecule has 0 unspecified atom stereocenters. The quantitative estimate of drug-likeness (QED) is 0.856. The van der Waals surface area contributed by atoms with E-state index < -0.39 is 0 Å². The van der Waals surface area contributed by atoms with Crippen LogP contribution in [0, 0.1) is 13.8 Å². The fraction of sp³-hybridized carbons (Fsp3) is 0.667. The summed E-state index contributed by atoms with van der Waals surface area (Å²) in [5.41, 5.74) is 3.44. The molecule has 0 aliphatic rings. The van der Waals surface area contributed by atoms with Crippen LogP contribution in [-0.2, 0) is 12.3 Å². The highest BCUT2D eigenvalue weighted by molar-refractivity contribution is 7.97. The summed E-state index contributed by atoms with van der Waals surface area (Å²) in [4.78, 5) is 9.06. The first-order valence-corrected chi connectivity index (χ1v) is 6.99. The van der Waals surface area contributed by atoms with Gasteiger partial charge in [-0.05, 0) is 20.1 Å². The van der Waals surface area contributed by atoms with Gasteiger partial charge in [-0.1, -0.05) is 13.8 Å². The lowest BCUT2D eigenvalue weighted by atomic mass is 10.1. The number of aromatic nitrogens is 2. The molecule has 0 atom stereocenters. The fourth-order valence-electron chi connectivity index (χ4n) is 1.56. The fourth-order valence-corrected chi connectivity index (χ4v) is 1.95. The van der Waals surface area contributed by atoms with Crippen molar-refractivity contribution < 1.29 is 0 Å². The molecule has 1 aromatic rings. The minimum absolute atomic E-state index is 0.490. The lowest BCUT2D eigenvalue weighted by Crippen LogP contribution is -2.23. The van der Waals surface area contributed by atoms with Crippen molar-refractivity contribution >= 4 is 11.8 Å². The Hall–Kier alpha value is -0.610.